The number of halogens is 1. The van der Waals surface area contributed by atoms with E-state index in [2.05, 4.69) is 27.6 Å². The predicted molar refractivity (Wildman–Crippen MR) is 83.5 cm³/mol. The van der Waals surface area contributed by atoms with E-state index in [0.29, 0.717) is 5.56 Å². The van der Waals surface area contributed by atoms with Crippen molar-refractivity contribution in [3.63, 3.8) is 0 Å². The van der Waals surface area contributed by atoms with E-state index in [0.717, 1.165) is 14.9 Å². The van der Waals surface area contributed by atoms with Crippen molar-refractivity contribution in [2.75, 3.05) is 0 Å². The van der Waals surface area contributed by atoms with Gasteiger partial charge in [-0.3, -0.25) is 0 Å². The molecule has 3 aromatic rings. The van der Waals surface area contributed by atoms with Gasteiger partial charge in [-0.15, -0.1) is 0 Å². The number of nitrogens with zero attached hydrogens (tertiary/aromatic N) is 2. The first-order valence-electron chi connectivity index (χ1n) is 6.08. The molecule has 20 heavy (non-hydrogen) atoms. The van der Waals surface area contributed by atoms with Gasteiger partial charge in [-0.1, -0.05) is 18.2 Å². The third kappa shape index (κ3) is 2.67. The van der Waals surface area contributed by atoms with E-state index < -0.39 is 0 Å². The van der Waals surface area contributed by atoms with E-state index >= 15 is 0 Å². The van der Waals surface area contributed by atoms with Crippen LogP contribution in [0.4, 0.5) is 0 Å². The average Bonchev–Trinajstić information content (AvgIpc) is 2.88. The second-order valence-electron chi connectivity index (χ2n) is 4.25. The fraction of sp³-hybridized carbons (Fsp3) is 0.0667. The van der Waals surface area contributed by atoms with Gasteiger partial charge in [-0.2, -0.15) is 0 Å². The molecule has 0 radical (unpaired) electrons. The molecule has 0 N–H and O–H groups in total. The van der Waals surface area contributed by atoms with Crippen molar-refractivity contribution < 1.29 is 9.53 Å². The lowest BCUT2D eigenvalue weighted by molar-refractivity contribution is 0.0467. The molecule has 5 heteroatoms. The summed E-state index contributed by atoms with van der Waals surface area (Å²) in [5.74, 6) is -0.327. The molecule has 2 heterocycles. The van der Waals surface area contributed by atoms with Gasteiger partial charge < -0.3 is 9.14 Å². The predicted octanol–water partition coefficient (Wildman–Crippen LogP) is 3.30. The molecule has 4 nitrogen and oxygen atoms in total. The first-order valence-corrected chi connectivity index (χ1v) is 7.16. The lowest BCUT2D eigenvalue weighted by Crippen LogP contribution is -2.07. The zero-order chi connectivity index (χ0) is 13.9. The first kappa shape index (κ1) is 13.1. The highest BCUT2D eigenvalue weighted by Gasteiger charge is 2.11. The Labute approximate surface area is 129 Å². The van der Waals surface area contributed by atoms with Crippen LogP contribution in [-0.4, -0.2) is 15.4 Å². The number of carbonyl (C=O) groups excluding carboxylic acids is 1. The summed E-state index contributed by atoms with van der Waals surface area (Å²) in [5, 5.41) is 0. The number of fused-ring (bicyclic) bond motifs is 1. The minimum atomic E-state index is -0.327. The number of benzene rings is 1. The van der Waals surface area contributed by atoms with E-state index in [1.807, 2.05) is 53.2 Å². The fourth-order valence-corrected chi connectivity index (χ4v) is 2.51. The van der Waals surface area contributed by atoms with Crippen molar-refractivity contribution in [2.24, 2.45) is 0 Å². The van der Waals surface area contributed by atoms with Crippen LogP contribution >= 0.6 is 22.6 Å². The van der Waals surface area contributed by atoms with Gasteiger partial charge in [0, 0.05) is 16.0 Å². The van der Waals surface area contributed by atoms with Crippen LogP contribution in [0, 0.1) is 3.57 Å². The van der Waals surface area contributed by atoms with E-state index in [4.69, 9.17) is 4.74 Å². The monoisotopic (exact) mass is 378 g/mol. The second-order valence-corrected chi connectivity index (χ2v) is 5.42. The summed E-state index contributed by atoms with van der Waals surface area (Å²) in [7, 11) is 0. The molecule has 2 aromatic heterocycles. The quantitative estimate of drug-likeness (QED) is 0.519. The van der Waals surface area contributed by atoms with Crippen LogP contribution in [0.3, 0.4) is 0 Å². The molecule has 3 rings (SSSR count). The Morgan fingerprint density at radius 2 is 2.00 bits per heavy atom. The fourth-order valence-electron chi connectivity index (χ4n) is 1.90. The van der Waals surface area contributed by atoms with Crippen molar-refractivity contribution in [1.29, 1.82) is 0 Å². The molecular formula is C15H11IN2O2. The number of rotatable bonds is 3. The van der Waals surface area contributed by atoms with Gasteiger partial charge in [-0.05, 0) is 46.9 Å². The van der Waals surface area contributed by atoms with Crippen molar-refractivity contribution >= 4 is 34.2 Å². The Balaban J connectivity index is 1.73. The average molecular weight is 378 g/mol. The van der Waals surface area contributed by atoms with Gasteiger partial charge >= 0.3 is 5.97 Å². The van der Waals surface area contributed by atoms with Gasteiger partial charge in [0.25, 0.3) is 0 Å². The van der Waals surface area contributed by atoms with E-state index in [9.17, 15) is 4.79 Å². The molecule has 0 bridgehead atoms. The SMILES string of the molecule is O=C(OCc1cn2ccccc2n1)c1ccccc1I. The first-order chi connectivity index (χ1) is 9.74. The highest BCUT2D eigenvalue weighted by atomic mass is 127. The molecule has 1 aromatic carbocycles. The second kappa shape index (κ2) is 5.62. The van der Waals surface area contributed by atoms with Gasteiger partial charge in [-0.25, -0.2) is 9.78 Å². The third-order valence-electron chi connectivity index (χ3n) is 2.86. The standard InChI is InChI=1S/C15H11IN2O2/c16-13-6-2-1-5-12(13)15(19)20-10-11-9-18-8-4-3-7-14(18)17-11/h1-9H,10H2. The van der Waals surface area contributed by atoms with Gasteiger partial charge in [0.2, 0.25) is 0 Å². The van der Waals surface area contributed by atoms with Gasteiger partial charge in [0.15, 0.2) is 0 Å². The number of esters is 1. The summed E-state index contributed by atoms with van der Waals surface area (Å²) in [6, 6.07) is 13.1. The molecule has 0 atom stereocenters. The molecule has 0 saturated carbocycles. The zero-order valence-corrected chi connectivity index (χ0v) is 12.6. The number of pyridine rings is 1. The van der Waals surface area contributed by atoms with E-state index in [-0.39, 0.29) is 12.6 Å². The van der Waals surface area contributed by atoms with Crippen molar-refractivity contribution in [3.8, 4) is 0 Å². The van der Waals surface area contributed by atoms with Crippen LogP contribution in [0.1, 0.15) is 16.1 Å². The minimum absolute atomic E-state index is 0.172. The van der Waals surface area contributed by atoms with Crippen LogP contribution in [0.5, 0.6) is 0 Å². The smallest absolute Gasteiger partial charge is 0.339 e. The van der Waals surface area contributed by atoms with E-state index in [1.54, 1.807) is 6.07 Å². The molecule has 0 aliphatic rings. The normalized spacial score (nSPS) is 10.7. The molecule has 0 fully saturated rings. The molecule has 0 spiro atoms. The highest BCUT2D eigenvalue weighted by Crippen LogP contribution is 2.14. The molecule has 0 aliphatic carbocycles. The largest absolute Gasteiger partial charge is 0.455 e. The minimum Gasteiger partial charge on any atom is -0.455 e. The molecule has 0 unspecified atom stereocenters. The summed E-state index contributed by atoms with van der Waals surface area (Å²) >= 11 is 2.12. The van der Waals surface area contributed by atoms with Crippen LogP contribution in [0.25, 0.3) is 5.65 Å². The maximum atomic E-state index is 12.0. The number of aromatic nitrogens is 2. The van der Waals surface area contributed by atoms with Gasteiger partial charge in [0.1, 0.15) is 12.3 Å². The summed E-state index contributed by atoms with van der Waals surface area (Å²) in [5.41, 5.74) is 2.15. The van der Waals surface area contributed by atoms with Crippen molar-refractivity contribution in [1.82, 2.24) is 9.38 Å². The molecular weight excluding hydrogens is 367 g/mol. The Bertz CT molecular complexity index is 734. The van der Waals surface area contributed by atoms with Crippen LogP contribution in [0.2, 0.25) is 0 Å². The summed E-state index contributed by atoms with van der Waals surface area (Å²) < 4.78 is 8.08. The third-order valence-corrected chi connectivity index (χ3v) is 3.80. The van der Waals surface area contributed by atoms with Crippen molar-refractivity contribution in [2.45, 2.75) is 6.61 Å². The molecule has 0 aliphatic heterocycles. The van der Waals surface area contributed by atoms with E-state index in [1.165, 1.54) is 0 Å². The number of carbonyl (C=O) groups is 1. The Morgan fingerprint density at radius 3 is 2.80 bits per heavy atom. The summed E-state index contributed by atoms with van der Waals surface area (Å²) in [6.07, 6.45) is 3.77. The zero-order valence-electron chi connectivity index (χ0n) is 10.5. The van der Waals surface area contributed by atoms with Crippen LogP contribution in [-0.2, 0) is 11.3 Å². The molecule has 100 valence electrons. The van der Waals surface area contributed by atoms with Gasteiger partial charge in [0.05, 0.1) is 11.3 Å². The lowest BCUT2D eigenvalue weighted by Gasteiger charge is -2.04. The molecule has 0 saturated heterocycles. The number of ether oxygens (including phenoxy) is 1. The summed E-state index contributed by atoms with van der Waals surface area (Å²) in [6.45, 7) is 0.172. The van der Waals surface area contributed by atoms with Crippen molar-refractivity contribution in [3.05, 3.63) is 69.7 Å². The summed E-state index contributed by atoms with van der Waals surface area (Å²) in [4.78, 5) is 16.4. The Kier molecular flexibility index (Phi) is 3.68. The lowest BCUT2D eigenvalue weighted by atomic mass is 10.2. The Hall–Kier alpha value is -1.89. The maximum absolute atomic E-state index is 12.0. The van der Waals surface area contributed by atoms with Crippen LogP contribution < -0.4 is 0 Å². The topological polar surface area (TPSA) is 43.6 Å². The Morgan fingerprint density at radius 1 is 1.20 bits per heavy atom. The number of imidazole rings is 1. The molecule has 0 amide bonds. The maximum Gasteiger partial charge on any atom is 0.339 e. The number of hydrogen-bond donors (Lipinski definition) is 0. The number of hydrogen-bond acceptors (Lipinski definition) is 3. The van der Waals surface area contributed by atoms with Crippen LogP contribution in [0.15, 0.2) is 54.9 Å². The highest BCUT2D eigenvalue weighted by molar-refractivity contribution is 14.1.